The van der Waals surface area contributed by atoms with Gasteiger partial charge in [-0.05, 0) is 36.6 Å². The van der Waals surface area contributed by atoms with Gasteiger partial charge < -0.3 is 5.32 Å². The van der Waals surface area contributed by atoms with Crippen molar-refractivity contribution in [2.45, 2.75) is 33.2 Å². The van der Waals surface area contributed by atoms with Crippen molar-refractivity contribution in [3.63, 3.8) is 0 Å². The first kappa shape index (κ1) is 11.6. The van der Waals surface area contributed by atoms with Gasteiger partial charge in [-0.3, -0.25) is 0 Å². The molecule has 0 saturated heterocycles. The van der Waals surface area contributed by atoms with Crippen LogP contribution in [0.5, 0.6) is 0 Å². The van der Waals surface area contributed by atoms with Crippen molar-refractivity contribution in [1.82, 2.24) is 0 Å². The summed E-state index contributed by atoms with van der Waals surface area (Å²) in [5.74, 6) is 0.616. The lowest BCUT2D eigenvalue weighted by atomic mass is 10.0. The molecule has 0 bridgehead atoms. The first-order valence-electron chi connectivity index (χ1n) is 5.44. The monoisotopic (exact) mass is 202 g/mol. The summed E-state index contributed by atoms with van der Waals surface area (Å²) < 4.78 is 0. The molecule has 0 heterocycles. The molecule has 0 radical (unpaired) electrons. The second-order valence-electron chi connectivity index (χ2n) is 4.09. The van der Waals surface area contributed by atoms with Crippen molar-refractivity contribution in [3.8, 4) is 6.07 Å². The summed E-state index contributed by atoms with van der Waals surface area (Å²) in [7, 11) is 0. The van der Waals surface area contributed by atoms with E-state index >= 15 is 0 Å². The highest BCUT2D eigenvalue weighted by molar-refractivity contribution is 5.47. The smallest absolute Gasteiger partial charge is 0.0991 e. The fourth-order valence-corrected chi connectivity index (χ4v) is 1.60. The Kier molecular flexibility index (Phi) is 4.17. The van der Waals surface area contributed by atoms with Crippen LogP contribution in [-0.2, 0) is 0 Å². The average Bonchev–Trinajstić information content (AvgIpc) is 2.26. The van der Waals surface area contributed by atoms with Crippen LogP contribution >= 0.6 is 0 Å². The summed E-state index contributed by atoms with van der Waals surface area (Å²) in [4.78, 5) is 0. The molecule has 2 nitrogen and oxygen atoms in total. The molecule has 1 aromatic rings. The molecule has 0 aromatic heterocycles. The number of anilines is 1. The van der Waals surface area contributed by atoms with E-state index in [1.54, 1.807) is 0 Å². The lowest BCUT2D eigenvalue weighted by molar-refractivity contribution is 0.511. The largest absolute Gasteiger partial charge is 0.382 e. The Morgan fingerprint density at radius 3 is 2.27 bits per heavy atom. The molecule has 0 saturated carbocycles. The first-order chi connectivity index (χ1) is 7.17. The standard InChI is InChI=1S/C13H18N2/c1-4-13(10(2)3)15-12-7-5-11(9-14)6-8-12/h5-8,10,13,15H,4H2,1-3H3/t13-/m1/s1. The van der Waals surface area contributed by atoms with Gasteiger partial charge in [0.1, 0.15) is 0 Å². The van der Waals surface area contributed by atoms with E-state index in [4.69, 9.17) is 5.26 Å². The van der Waals surface area contributed by atoms with Gasteiger partial charge in [0.2, 0.25) is 0 Å². The summed E-state index contributed by atoms with van der Waals surface area (Å²) >= 11 is 0. The van der Waals surface area contributed by atoms with Gasteiger partial charge in [-0.15, -0.1) is 0 Å². The van der Waals surface area contributed by atoms with Crippen molar-refractivity contribution in [1.29, 1.82) is 5.26 Å². The van der Waals surface area contributed by atoms with Crippen LogP contribution in [-0.4, -0.2) is 6.04 Å². The zero-order chi connectivity index (χ0) is 11.3. The van der Waals surface area contributed by atoms with Crippen LogP contribution in [0.4, 0.5) is 5.69 Å². The number of benzene rings is 1. The zero-order valence-electron chi connectivity index (χ0n) is 9.62. The summed E-state index contributed by atoms with van der Waals surface area (Å²) in [6.07, 6.45) is 1.11. The third kappa shape index (κ3) is 3.28. The maximum atomic E-state index is 8.67. The van der Waals surface area contributed by atoms with Gasteiger partial charge in [0, 0.05) is 11.7 Å². The third-order valence-electron chi connectivity index (χ3n) is 2.61. The topological polar surface area (TPSA) is 35.8 Å². The van der Waals surface area contributed by atoms with Gasteiger partial charge >= 0.3 is 0 Å². The van der Waals surface area contributed by atoms with E-state index < -0.39 is 0 Å². The molecular weight excluding hydrogens is 184 g/mol. The fourth-order valence-electron chi connectivity index (χ4n) is 1.60. The quantitative estimate of drug-likeness (QED) is 0.812. The Morgan fingerprint density at radius 1 is 1.27 bits per heavy atom. The normalized spacial score (nSPS) is 12.2. The molecule has 1 aromatic carbocycles. The summed E-state index contributed by atoms with van der Waals surface area (Å²) in [5.41, 5.74) is 1.80. The second-order valence-corrected chi connectivity index (χ2v) is 4.09. The van der Waals surface area contributed by atoms with E-state index in [-0.39, 0.29) is 0 Å². The highest BCUT2D eigenvalue weighted by atomic mass is 14.9. The summed E-state index contributed by atoms with van der Waals surface area (Å²) in [6, 6.07) is 10.2. The molecule has 1 N–H and O–H groups in total. The molecule has 2 heteroatoms. The SMILES string of the molecule is CC[C@@H](Nc1ccc(C#N)cc1)C(C)C. The maximum Gasteiger partial charge on any atom is 0.0991 e. The molecule has 1 rings (SSSR count). The molecule has 0 unspecified atom stereocenters. The lowest BCUT2D eigenvalue weighted by Gasteiger charge is -2.21. The minimum atomic E-state index is 0.498. The molecule has 0 spiro atoms. The fraction of sp³-hybridized carbons (Fsp3) is 0.462. The Morgan fingerprint density at radius 2 is 1.87 bits per heavy atom. The Hall–Kier alpha value is -1.49. The number of nitrogens with one attached hydrogen (secondary N) is 1. The minimum absolute atomic E-state index is 0.498. The summed E-state index contributed by atoms with van der Waals surface area (Å²) in [6.45, 7) is 6.61. The number of rotatable bonds is 4. The predicted molar refractivity (Wildman–Crippen MR) is 63.7 cm³/mol. The number of hydrogen-bond acceptors (Lipinski definition) is 2. The number of nitriles is 1. The summed E-state index contributed by atoms with van der Waals surface area (Å²) in [5, 5.41) is 12.1. The van der Waals surface area contributed by atoms with Crippen LogP contribution in [0.2, 0.25) is 0 Å². The Bertz CT molecular complexity index is 333. The average molecular weight is 202 g/mol. The van der Waals surface area contributed by atoms with Crippen molar-refractivity contribution < 1.29 is 0 Å². The van der Waals surface area contributed by atoms with Crippen LogP contribution < -0.4 is 5.32 Å². The molecule has 15 heavy (non-hydrogen) atoms. The van der Waals surface area contributed by atoms with E-state index in [1.807, 2.05) is 24.3 Å². The van der Waals surface area contributed by atoms with E-state index in [9.17, 15) is 0 Å². The van der Waals surface area contributed by atoms with Gasteiger partial charge in [-0.2, -0.15) is 5.26 Å². The molecule has 0 aliphatic carbocycles. The van der Waals surface area contributed by atoms with Crippen LogP contribution in [0.3, 0.4) is 0 Å². The minimum Gasteiger partial charge on any atom is -0.382 e. The van der Waals surface area contributed by atoms with Gasteiger partial charge in [0.05, 0.1) is 11.6 Å². The highest BCUT2D eigenvalue weighted by Gasteiger charge is 2.09. The van der Waals surface area contributed by atoms with Gasteiger partial charge in [-0.25, -0.2) is 0 Å². The first-order valence-corrected chi connectivity index (χ1v) is 5.44. The number of hydrogen-bond donors (Lipinski definition) is 1. The molecule has 0 fully saturated rings. The maximum absolute atomic E-state index is 8.67. The Balaban J connectivity index is 2.68. The van der Waals surface area contributed by atoms with Crippen molar-refractivity contribution in [2.24, 2.45) is 5.92 Å². The van der Waals surface area contributed by atoms with Crippen LogP contribution in [0.1, 0.15) is 32.8 Å². The molecule has 0 amide bonds. The van der Waals surface area contributed by atoms with E-state index in [1.165, 1.54) is 0 Å². The van der Waals surface area contributed by atoms with E-state index in [0.717, 1.165) is 12.1 Å². The predicted octanol–water partition coefficient (Wildman–Crippen LogP) is 3.40. The third-order valence-corrected chi connectivity index (χ3v) is 2.61. The van der Waals surface area contributed by atoms with Gasteiger partial charge in [0.25, 0.3) is 0 Å². The molecule has 0 aliphatic heterocycles. The highest BCUT2D eigenvalue weighted by Crippen LogP contribution is 2.15. The molecule has 0 aliphatic rings. The molecule has 80 valence electrons. The van der Waals surface area contributed by atoms with Gasteiger partial charge in [-0.1, -0.05) is 20.8 Å². The molecule has 1 atom stereocenters. The van der Waals surface area contributed by atoms with Crippen LogP contribution in [0.15, 0.2) is 24.3 Å². The van der Waals surface area contributed by atoms with E-state index in [2.05, 4.69) is 32.2 Å². The van der Waals surface area contributed by atoms with Crippen molar-refractivity contribution in [3.05, 3.63) is 29.8 Å². The zero-order valence-corrected chi connectivity index (χ0v) is 9.62. The van der Waals surface area contributed by atoms with Crippen LogP contribution in [0.25, 0.3) is 0 Å². The molecular formula is C13H18N2. The van der Waals surface area contributed by atoms with E-state index in [0.29, 0.717) is 17.5 Å². The van der Waals surface area contributed by atoms with Gasteiger partial charge in [0.15, 0.2) is 0 Å². The van der Waals surface area contributed by atoms with Crippen LogP contribution in [0, 0.1) is 17.2 Å². The second kappa shape index (κ2) is 5.41. The van der Waals surface area contributed by atoms with Crippen molar-refractivity contribution in [2.75, 3.05) is 5.32 Å². The number of nitrogens with zero attached hydrogens (tertiary/aromatic N) is 1. The Labute approximate surface area is 91.9 Å². The lowest BCUT2D eigenvalue weighted by Crippen LogP contribution is -2.24. The van der Waals surface area contributed by atoms with Crippen molar-refractivity contribution >= 4 is 5.69 Å².